The molecule has 1 aromatic carbocycles. The number of amides is 1. The molecule has 1 amide bonds. The van der Waals surface area contributed by atoms with Crippen LogP contribution in [0.25, 0.3) is 0 Å². The second-order valence-electron chi connectivity index (χ2n) is 4.42. The third-order valence-electron chi connectivity index (χ3n) is 2.83. The lowest BCUT2D eigenvalue weighted by atomic mass is 10.1. The van der Waals surface area contributed by atoms with Crippen LogP contribution in [-0.4, -0.2) is 12.1 Å². The van der Waals surface area contributed by atoms with E-state index in [0.717, 1.165) is 18.4 Å². The van der Waals surface area contributed by atoms with Gasteiger partial charge in [-0.15, -0.1) is 0 Å². The van der Waals surface area contributed by atoms with E-state index in [9.17, 15) is 4.79 Å². The van der Waals surface area contributed by atoms with Gasteiger partial charge >= 0.3 is 0 Å². The monoisotopic (exact) mass is 246 g/mol. The molecule has 3 nitrogen and oxygen atoms in total. The van der Waals surface area contributed by atoms with Gasteiger partial charge in [0.25, 0.3) is 5.91 Å². The fraction of sp³-hybridized carbons (Fsp3) is 0.467. The van der Waals surface area contributed by atoms with Crippen molar-refractivity contribution in [3.63, 3.8) is 0 Å². The van der Waals surface area contributed by atoms with Crippen molar-refractivity contribution in [2.75, 3.05) is 0 Å². The molecule has 0 atom stereocenters. The van der Waals surface area contributed by atoms with E-state index >= 15 is 0 Å². The third kappa shape index (κ3) is 5.13. The number of carbonyl (C=O) groups excluding carboxylic acids is 1. The van der Waals surface area contributed by atoms with Crippen molar-refractivity contribution in [1.82, 2.24) is 5.43 Å². The van der Waals surface area contributed by atoms with Crippen molar-refractivity contribution in [2.24, 2.45) is 5.10 Å². The molecule has 1 aromatic rings. The molecule has 0 aromatic heterocycles. The maximum Gasteiger partial charge on any atom is 0.271 e. The van der Waals surface area contributed by atoms with Crippen LogP contribution in [0.2, 0.25) is 0 Å². The minimum Gasteiger partial charge on any atom is -0.267 e. The molecular formula is C15H22N2O. The molecule has 3 heteroatoms. The van der Waals surface area contributed by atoms with Crippen molar-refractivity contribution in [1.29, 1.82) is 0 Å². The van der Waals surface area contributed by atoms with Crippen LogP contribution in [-0.2, 0) is 0 Å². The molecule has 0 saturated carbocycles. The number of carbonyl (C=O) groups is 1. The van der Waals surface area contributed by atoms with Gasteiger partial charge in [0, 0.05) is 11.8 Å². The normalized spacial score (nSPS) is 10.8. The first-order valence-corrected chi connectivity index (χ1v) is 6.63. The Morgan fingerprint density at radius 1 is 1.28 bits per heavy atom. The van der Waals surface area contributed by atoms with Gasteiger partial charge < -0.3 is 0 Å². The highest BCUT2D eigenvalue weighted by Crippen LogP contribution is 2.06. The fourth-order valence-corrected chi connectivity index (χ4v) is 1.72. The predicted octanol–water partition coefficient (Wildman–Crippen LogP) is 3.68. The van der Waals surface area contributed by atoms with E-state index in [0.29, 0.717) is 5.56 Å². The van der Waals surface area contributed by atoms with Crippen molar-refractivity contribution >= 4 is 12.1 Å². The summed E-state index contributed by atoms with van der Waals surface area (Å²) in [6.07, 6.45) is 7.58. The summed E-state index contributed by atoms with van der Waals surface area (Å²) in [5.41, 5.74) is 4.21. The van der Waals surface area contributed by atoms with E-state index in [-0.39, 0.29) is 5.91 Å². The number of hydrazone groups is 1. The Labute approximate surface area is 109 Å². The van der Waals surface area contributed by atoms with Crippen molar-refractivity contribution in [3.05, 3.63) is 35.4 Å². The molecule has 0 heterocycles. The average Bonchev–Trinajstić information content (AvgIpc) is 2.38. The SMILES string of the molecule is CCCCCCC=NNC(=O)c1ccccc1C. The van der Waals surface area contributed by atoms with Crippen LogP contribution in [0.3, 0.4) is 0 Å². The molecule has 0 radical (unpaired) electrons. The van der Waals surface area contributed by atoms with Gasteiger partial charge in [-0.2, -0.15) is 5.10 Å². The Hall–Kier alpha value is -1.64. The summed E-state index contributed by atoms with van der Waals surface area (Å²) in [4.78, 5) is 11.8. The van der Waals surface area contributed by atoms with Crippen molar-refractivity contribution in [2.45, 2.75) is 46.0 Å². The third-order valence-corrected chi connectivity index (χ3v) is 2.83. The van der Waals surface area contributed by atoms with Crippen molar-refractivity contribution in [3.8, 4) is 0 Å². The maximum absolute atomic E-state index is 11.8. The van der Waals surface area contributed by atoms with Gasteiger partial charge in [-0.25, -0.2) is 5.43 Å². The number of nitrogens with one attached hydrogen (secondary N) is 1. The summed E-state index contributed by atoms with van der Waals surface area (Å²) in [7, 11) is 0. The van der Waals surface area contributed by atoms with Gasteiger partial charge in [-0.05, 0) is 31.4 Å². The molecule has 0 spiro atoms. The molecule has 0 fully saturated rings. The predicted molar refractivity (Wildman–Crippen MR) is 75.9 cm³/mol. The van der Waals surface area contributed by atoms with Gasteiger partial charge in [0.1, 0.15) is 0 Å². The average molecular weight is 246 g/mol. The highest BCUT2D eigenvalue weighted by Gasteiger charge is 2.05. The van der Waals surface area contributed by atoms with E-state index in [1.165, 1.54) is 19.3 Å². The highest BCUT2D eigenvalue weighted by molar-refractivity contribution is 5.95. The number of hydrogen-bond donors (Lipinski definition) is 1. The summed E-state index contributed by atoms with van der Waals surface area (Å²) < 4.78 is 0. The zero-order valence-electron chi connectivity index (χ0n) is 11.3. The zero-order chi connectivity index (χ0) is 13.2. The van der Waals surface area contributed by atoms with Gasteiger partial charge in [-0.1, -0.05) is 44.4 Å². The van der Waals surface area contributed by atoms with Crippen LogP contribution in [0, 0.1) is 6.92 Å². The second kappa shape index (κ2) is 8.45. The van der Waals surface area contributed by atoms with Crippen LogP contribution >= 0.6 is 0 Å². The standard InChI is InChI=1S/C15H22N2O/c1-3-4-5-6-9-12-16-17-15(18)14-11-8-7-10-13(14)2/h7-8,10-12H,3-6,9H2,1-2H3,(H,17,18). The highest BCUT2D eigenvalue weighted by atomic mass is 16.2. The number of rotatable bonds is 7. The van der Waals surface area contributed by atoms with E-state index in [1.807, 2.05) is 25.1 Å². The minimum atomic E-state index is -0.141. The van der Waals surface area contributed by atoms with E-state index < -0.39 is 0 Å². The summed E-state index contributed by atoms with van der Waals surface area (Å²) in [6.45, 7) is 4.11. The Morgan fingerprint density at radius 3 is 2.78 bits per heavy atom. The Bertz CT molecular complexity index is 399. The molecule has 1 N–H and O–H groups in total. The molecule has 18 heavy (non-hydrogen) atoms. The molecule has 0 saturated heterocycles. The smallest absolute Gasteiger partial charge is 0.267 e. The number of nitrogens with zero attached hydrogens (tertiary/aromatic N) is 1. The Kier molecular flexibility index (Phi) is 6.77. The number of unbranched alkanes of at least 4 members (excludes halogenated alkanes) is 4. The summed E-state index contributed by atoms with van der Waals surface area (Å²) in [5.74, 6) is -0.141. The molecule has 0 aliphatic carbocycles. The van der Waals surface area contributed by atoms with Crippen LogP contribution in [0.1, 0.15) is 54.9 Å². The molecule has 0 unspecified atom stereocenters. The first kappa shape index (κ1) is 14.4. The minimum absolute atomic E-state index is 0.141. The summed E-state index contributed by atoms with van der Waals surface area (Å²) in [6, 6.07) is 7.50. The molecule has 0 bridgehead atoms. The molecule has 0 aliphatic heterocycles. The Balaban J connectivity index is 2.29. The lowest BCUT2D eigenvalue weighted by Gasteiger charge is -2.02. The van der Waals surface area contributed by atoms with E-state index in [1.54, 1.807) is 12.3 Å². The quantitative estimate of drug-likeness (QED) is 0.445. The van der Waals surface area contributed by atoms with Crippen molar-refractivity contribution < 1.29 is 4.79 Å². The van der Waals surface area contributed by atoms with E-state index in [4.69, 9.17) is 0 Å². The maximum atomic E-state index is 11.8. The summed E-state index contributed by atoms with van der Waals surface area (Å²) >= 11 is 0. The fourth-order valence-electron chi connectivity index (χ4n) is 1.72. The van der Waals surface area contributed by atoms with Gasteiger partial charge in [0.2, 0.25) is 0 Å². The number of hydrogen-bond acceptors (Lipinski definition) is 2. The number of aryl methyl sites for hydroxylation is 1. The topological polar surface area (TPSA) is 41.5 Å². The molecular weight excluding hydrogens is 224 g/mol. The van der Waals surface area contributed by atoms with Crippen LogP contribution in [0.15, 0.2) is 29.4 Å². The van der Waals surface area contributed by atoms with Gasteiger partial charge in [0.05, 0.1) is 0 Å². The number of benzene rings is 1. The summed E-state index contributed by atoms with van der Waals surface area (Å²) in [5, 5.41) is 3.96. The van der Waals surface area contributed by atoms with Gasteiger partial charge in [0.15, 0.2) is 0 Å². The first-order chi connectivity index (χ1) is 8.75. The second-order valence-corrected chi connectivity index (χ2v) is 4.42. The first-order valence-electron chi connectivity index (χ1n) is 6.63. The van der Waals surface area contributed by atoms with Crippen LogP contribution < -0.4 is 5.43 Å². The van der Waals surface area contributed by atoms with Crippen LogP contribution in [0.5, 0.6) is 0 Å². The van der Waals surface area contributed by atoms with Gasteiger partial charge in [-0.3, -0.25) is 4.79 Å². The molecule has 1 rings (SSSR count). The molecule has 0 aliphatic rings. The largest absolute Gasteiger partial charge is 0.271 e. The molecule has 98 valence electrons. The lowest BCUT2D eigenvalue weighted by Crippen LogP contribution is -2.18. The Morgan fingerprint density at radius 2 is 2.06 bits per heavy atom. The van der Waals surface area contributed by atoms with Crippen LogP contribution in [0.4, 0.5) is 0 Å². The zero-order valence-corrected chi connectivity index (χ0v) is 11.3. The van der Waals surface area contributed by atoms with E-state index in [2.05, 4.69) is 17.5 Å². The lowest BCUT2D eigenvalue weighted by molar-refractivity contribution is 0.0954.